The van der Waals surface area contributed by atoms with Crippen molar-refractivity contribution in [3.63, 3.8) is 0 Å². The maximum absolute atomic E-state index is 11.1. The van der Waals surface area contributed by atoms with Gasteiger partial charge in [0.05, 0.1) is 0 Å². The fraction of sp³-hybridized carbons (Fsp3) is 0.462. The van der Waals surface area contributed by atoms with E-state index < -0.39 is 0 Å². The Kier molecular flexibility index (Phi) is 4.12. The lowest BCUT2D eigenvalue weighted by molar-refractivity contribution is -0.121. The lowest BCUT2D eigenvalue weighted by Crippen LogP contribution is -2.33. The Morgan fingerprint density at radius 3 is 2.88 bits per heavy atom. The summed E-state index contributed by atoms with van der Waals surface area (Å²) in [5.74, 6) is 5.58. The third kappa shape index (κ3) is 3.28. The van der Waals surface area contributed by atoms with Gasteiger partial charge in [-0.3, -0.25) is 10.2 Å². The fourth-order valence-corrected chi connectivity index (χ4v) is 2.36. The van der Waals surface area contributed by atoms with Gasteiger partial charge in [-0.25, -0.2) is 5.84 Å². The van der Waals surface area contributed by atoms with Crippen molar-refractivity contribution in [1.29, 1.82) is 0 Å². The molecule has 4 heteroatoms. The monoisotopic (exact) mass is 233 g/mol. The van der Waals surface area contributed by atoms with E-state index in [4.69, 9.17) is 5.84 Å². The van der Waals surface area contributed by atoms with Crippen LogP contribution in [-0.4, -0.2) is 30.4 Å². The number of carbonyl (C=O) groups is 1. The molecule has 1 aliphatic heterocycles. The maximum Gasteiger partial charge on any atom is 0.235 e. The molecule has 0 spiro atoms. The Balaban J connectivity index is 1.82. The van der Waals surface area contributed by atoms with Gasteiger partial charge in [0.2, 0.25) is 5.91 Å². The summed E-state index contributed by atoms with van der Waals surface area (Å²) in [5.41, 5.74) is 3.57. The number of rotatable bonds is 4. The summed E-state index contributed by atoms with van der Waals surface area (Å²) < 4.78 is 0. The zero-order valence-electron chi connectivity index (χ0n) is 9.93. The number of nitrogens with zero attached hydrogens (tertiary/aromatic N) is 1. The topological polar surface area (TPSA) is 58.4 Å². The average Bonchev–Trinajstić information content (AvgIpc) is 2.86. The van der Waals surface area contributed by atoms with Crippen molar-refractivity contribution in [2.75, 3.05) is 19.6 Å². The van der Waals surface area contributed by atoms with Crippen molar-refractivity contribution in [3.8, 4) is 0 Å². The molecule has 0 aromatic heterocycles. The molecule has 1 aliphatic rings. The quantitative estimate of drug-likeness (QED) is 0.460. The van der Waals surface area contributed by atoms with Crippen LogP contribution in [-0.2, 0) is 4.79 Å². The normalized spacial score (nSPS) is 20.4. The van der Waals surface area contributed by atoms with E-state index in [9.17, 15) is 4.79 Å². The number of likely N-dealkylation sites (tertiary alicyclic amines) is 1. The highest BCUT2D eigenvalue weighted by atomic mass is 16.2. The zero-order valence-corrected chi connectivity index (χ0v) is 9.93. The summed E-state index contributed by atoms with van der Waals surface area (Å²) in [6, 6.07) is 10.6. The number of amides is 1. The van der Waals surface area contributed by atoms with Crippen molar-refractivity contribution in [1.82, 2.24) is 10.3 Å². The van der Waals surface area contributed by atoms with E-state index in [1.165, 1.54) is 12.0 Å². The Labute approximate surface area is 102 Å². The molecule has 0 bridgehead atoms. The predicted molar refractivity (Wildman–Crippen MR) is 67.2 cm³/mol. The van der Waals surface area contributed by atoms with Crippen LogP contribution >= 0.6 is 0 Å². The van der Waals surface area contributed by atoms with E-state index in [0.29, 0.717) is 12.3 Å². The SMILES string of the molecule is NNC(=O)CCN1CCC(c2ccccc2)C1. The van der Waals surface area contributed by atoms with Crippen LogP contribution in [0.5, 0.6) is 0 Å². The van der Waals surface area contributed by atoms with Crippen LogP contribution in [0.4, 0.5) is 0 Å². The lowest BCUT2D eigenvalue weighted by atomic mass is 9.99. The summed E-state index contributed by atoms with van der Waals surface area (Å²) in [4.78, 5) is 13.4. The van der Waals surface area contributed by atoms with Crippen molar-refractivity contribution in [2.24, 2.45) is 5.84 Å². The van der Waals surface area contributed by atoms with Gasteiger partial charge in [-0.05, 0) is 24.4 Å². The molecular formula is C13H19N3O. The molecule has 92 valence electrons. The molecule has 17 heavy (non-hydrogen) atoms. The highest BCUT2D eigenvalue weighted by Crippen LogP contribution is 2.26. The van der Waals surface area contributed by atoms with Crippen LogP contribution in [0.25, 0.3) is 0 Å². The first-order valence-corrected chi connectivity index (χ1v) is 6.06. The number of hydrazine groups is 1. The molecule has 1 atom stereocenters. The minimum Gasteiger partial charge on any atom is -0.302 e. The summed E-state index contributed by atoms with van der Waals surface area (Å²) >= 11 is 0. The molecule has 0 aliphatic carbocycles. The number of nitrogens with one attached hydrogen (secondary N) is 1. The van der Waals surface area contributed by atoms with Crippen LogP contribution in [0.1, 0.15) is 24.3 Å². The second kappa shape index (κ2) is 5.80. The molecule has 1 saturated heterocycles. The van der Waals surface area contributed by atoms with Gasteiger partial charge in [-0.15, -0.1) is 0 Å². The van der Waals surface area contributed by atoms with Gasteiger partial charge in [0.1, 0.15) is 0 Å². The molecule has 1 aromatic rings. The number of nitrogens with two attached hydrogens (primary N) is 1. The fourth-order valence-electron chi connectivity index (χ4n) is 2.36. The molecule has 1 unspecified atom stereocenters. The smallest absolute Gasteiger partial charge is 0.235 e. The average molecular weight is 233 g/mol. The van der Waals surface area contributed by atoms with Gasteiger partial charge in [-0.1, -0.05) is 30.3 Å². The van der Waals surface area contributed by atoms with Crippen LogP contribution < -0.4 is 11.3 Å². The predicted octanol–water partition coefficient (Wildman–Crippen LogP) is 0.856. The second-order valence-corrected chi connectivity index (χ2v) is 4.51. The molecule has 3 N–H and O–H groups in total. The lowest BCUT2D eigenvalue weighted by Gasteiger charge is -2.15. The van der Waals surface area contributed by atoms with Crippen molar-refractivity contribution in [3.05, 3.63) is 35.9 Å². The Bertz CT molecular complexity index is 366. The first-order valence-electron chi connectivity index (χ1n) is 6.06. The Hall–Kier alpha value is -1.39. The zero-order chi connectivity index (χ0) is 12.1. The highest BCUT2D eigenvalue weighted by molar-refractivity contribution is 5.75. The summed E-state index contributed by atoms with van der Waals surface area (Å²) in [5, 5.41) is 0. The van der Waals surface area contributed by atoms with Crippen molar-refractivity contribution >= 4 is 5.91 Å². The van der Waals surface area contributed by atoms with Gasteiger partial charge in [0, 0.05) is 19.5 Å². The van der Waals surface area contributed by atoms with Gasteiger partial charge in [0.15, 0.2) is 0 Å². The number of hydrogen-bond donors (Lipinski definition) is 2. The van der Waals surface area contributed by atoms with E-state index in [1.807, 2.05) is 6.07 Å². The van der Waals surface area contributed by atoms with Crippen molar-refractivity contribution < 1.29 is 4.79 Å². The summed E-state index contributed by atoms with van der Waals surface area (Å²) in [7, 11) is 0. The number of hydrogen-bond acceptors (Lipinski definition) is 3. The van der Waals surface area contributed by atoms with Gasteiger partial charge in [0.25, 0.3) is 0 Å². The van der Waals surface area contributed by atoms with E-state index in [2.05, 4.69) is 34.6 Å². The molecule has 0 radical (unpaired) electrons. The van der Waals surface area contributed by atoms with Gasteiger partial charge >= 0.3 is 0 Å². The molecular weight excluding hydrogens is 214 g/mol. The second-order valence-electron chi connectivity index (χ2n) is 4.51. The molecule has 0 saturated carbocycles. The molecule has 1 fully saturated rings. The van der Waals surface area contributed by atoms with Crippen LogP contribution in [0.2, 0.25) is 0 Å². The third-order valence-electron chi connectivity index (χ3n) is 3.36. The molecule has 1 aromatic carbocycles. The third-order valence-corrected chi connectivity index (χ3v) is 3.36. The molecule has 1 heterocycles. The standard InChI is InChI=1S/C13H19N3O/c14-15-13(17)7-9-16-8-6-12(10-16)11-4-2-1-3-5-11/h1-5,12H,6-10,14H2,(H,15,17). The molecule has 4 nitrogen and oxygen atoms in total. The Morgan fingerprint density at radius 2 is 2.18 bits per heavy atom. The number of benzene rings is 1. The van der Waals surface area contributed by atoms with E-state index in [-0.39, 0.29) is 5.91 Å². The van der Waals surface area contributed by atoms with Gasteiger partial charge < -0.3 is 4.90 Å². The van der Waals surface area contributed by atoms with Crippen LogP contribution in [0.15, 0.2) is 30.3 Å². The van der Waals surface area contributed by atoms with Crippen molar-refractivity contribution in [2.45, 2.75) is 18.8 Å². The maximum atomic E-state index is 11.1. The highest BCUT2D eigenvalue weighted by Gasteiger charge is 2.23. The Morgan fingerprint density at radius 1 is 1.41 bits per heavy atom. The molecule has 2 rings (SSSR count). The summed E-state index contributed by atoms with van der Waals surface area (Å²) in [6.07, 6.45) is 1.66. The first-order chi connectivity index (χ1) is 8.29. The molecule has 1 amide bonds. The number of carbonyl (C=O) groups excluding carboxylic acids is 1. The van der Waals surface area contributed by atoms with Crippen LogP contribution in [0.3, 0.4) is 0 Å². The minimum absolute atomic E-state index is 0.0897. The van der Waals surface area contributed by atoms with E-state index >= 15 is 0 Å². The van der Waals surface area contributed by atoms with Gasteiger partial charge in [-0.2, -0.15) is 0 Å². The van der Waals surface area contributed by atoms with Crippen LogP contribution in [0, 0.1) is 0 Å². The van der Waals surface area contributed by atoms with E-state index in [0.717, 1.165) is 19.6 Å². The first kappa shape index (κ1) is 12.1. The summed E-state index contributed by atoms with van der Waals surface area (Å²) in [6.45, 7) is 2.91. The van der Waals surface area contributed by atoms with E-state index in [1.54, 1.807) is 0 Å². The minimum atomic E-state index is -0.0897. The largest absolute Gasteiger partial charge is 0.302 e.